The summed E-state index contributed by atoms with van der Waals surface area (Å²) in [6, 6.07) is 8.37. The van der Waals surface area contributed by atoms with Crippen molar-refractivity contribution >= 4 is 23.6 Å². The van der Waals surface area contributed by atoms with Crippen LogP contribution in [0.4, 0.5) is 0 Å². The van der Waals surface area contributed by atoms with E-state index in [0.717, 1.165) is 5.75 Å². The van der Waals surface area contributed by atoms with Gasteiger partial charge in [0.25, 0.3) is 0 Å². The zero-order chi connectivity index (χ0) is 14.1. The highest BCUT2D eigenvalue weighted by Gasteiger charge is 2.31. The first-order valence-electron chi connectivity index (χ1n) is 6.93. The van der Waals surface area contributed by atoms with E-state index in [4.69, 9.17) is 0 Å². The van der Waals surface area contributed by atoms with Gasteiger partial charge in [0.05, 0.1) is 6.54 Å². The lowest BCUT2D eigenvalue weighted by atomic mass is 10.00. The summed E-state index contributed by atoms with van der Waals surface area (Å²) < 4.78 is 0. The Morgan fingerprint density at radius 2 is 2.15 bits per heavy atom. The van der Waals surface area contributed by atoms with Crippen LogP contribution in [0.2, 0.25) is 0 Å². The Labute approximate surface area is 122 Å². The van der Waals surface area contributed by atoms with Gasteiger partial charge in [0.15, 0.2) is 0 Å². The molecule has 20 heavy (non-hydrogen) atoms. The summed E-state index contributed by atoms with van der Waals surface area (Å²) in [4.78, 5) is 26.9. The van der Waals surface area contributed by atoms with Gasteiger partial charge in [-0.2, -0.15) is 0 Å². The molecule has 4 nitrogen and oxygen atoms in total. The molecule has 0 bridgehead atoms. The lowest BCUT2D eigenvalue weighted by Gasteiger charge is -2.29. The maximum absolute atomic E-state index is 12.2. The molecular weight excluding hydrogens is 272 g/mol. The first kappa shape index (κ1) is 13.5. The molecule has 2 aliphatic heterocycles. The second kappa shape index (κ2) is 5.48. The van der Waals surface area contributed by atoms with Crippen LogP contribution in [0.5, 0.6) is 0 Å². The van der Waals surface area contributed by atoms with Crippen molar-refractivity contribution in [3.05, 3.63) is 29.8 Å². The molecular formula is C15H18N2O2S. The first-order valence-corrected chi connectivity index (χ1v) is 7.91. The molecule has 0 aliphatic carbocycles. The minimum atomic E-state index is -0.0328. The number of hydrogen-bond acceptors (Lipinski definition) is 3. The highest BCUT2D eigenvalue weighted by molar-refractivity contribution is 7.99. The molecule has 2 heterocycles. The molecule has 0 radical (unpaired) electrons. The third-order valence-electron chi connectivity index (χ3n) is 3.99. The van der Waals surface area contributed by atoms with Gasteiger partial charge in [-0.05, 0) is 18.6 Å². The molecule has 1 N–H and O–H groups in total. The lowest BCUT2D eigenvalue weighted by molar-refractivity contribution is -0.131. The van der Waals surface area contributed by atoms with E-state index in [1.54, 1.807) is 0 Å². The van der Waals surface area contributed by atoms with Crippen LogP contribution in [0.15, 0.2) is 29.2 Å². The van der Waals surface area contributed by atoms with Crippen LogP contribution in [0.1, 0.15) is 24.8 Å². The fraction of sp³-hybridized carbons (Fsp3) is 0.467. The molecule has 0 aromatic heterocycles. The normalized spacial score (nSPS) is 26.1. The van der Waals surface area contributed by atoms with Gasteiger partial charge in [0.1, 0.15) is 0 Å². The van der Waals surface area contributed by atoms with Crippen molar-refractivity contribution in [3.8, 4) is 0 Å². The maximum atomic E-state index is 12.2. The maximum Gasteiger partial charge on any atom is 0.242 e. The predicted molar refractivity (Wildman–Crippen MR) is 78.7 cm³/mol. The van der Waals surface area contributed by atoms with Gasteiger partial charge in [-0.15, -0.1) is 11.8 Å². The van der Waals surface area contributed by atoms with Gasteiger partial charge in [-0.3, -0.25) is 9.59 Å². The Morgan fingerprint density at radius 3 is 3.00 bits per heavy atom. The van der Waals surface area contributed by atoms with Crippen LogP contribution in [-0.2, 0) is 9.59 Å². The molecule has 3 rings (SSSR count). The largest absolute Gasteiger partial charge is 0.347 e. The van der Waals surface area contributed by atoms with Crippen LogP contribution in [0, 0.1) is 0 Å². The topological polar surface area (TPSA) is 49.4 Å². The Kier molecular flexibility index (Phi) is 3.70. The van der Waals surface area contributed by atoms with Crippen LogP contribution in [0.25, 0.3) is 0 Å². The van der Waals surface area contributed by atoms with E-state index in [-0.39, 0.29) is 24.4 Å². The molecule has 5 heteroatoms. The Balaban J connectivity index is 1.77. The fourth-order valence-corrected chi connectivity index (χ4v) is 4.11. The molecule has 2 aliphatic rings. The SMILES string of the molecule is CC1CC(=O)NCC(=O)N1CC1CSc2ccccc21. The van der Waals surface area contributed by atoms with E-state index >= 15 is 0 Å². The fourth-order valence-electron chi connectivity index (χ4n) is 2.87. The second-order valence-corrected chi connectivity index (χ2v) is 6.48. The molecule has 1 fully saturated rings. The summed E-state index contributed by atoms with van der Waals surface area (Å²) in [5.41, 5.74) is 1.33. The van der Waals surface area contributed by atoms with E-state index < -0.39 is 0 Å². The average molecular weight is 290 g/mol. The third-order valence-corrected chi connectivity index (χ3v) is 5.24. The molecule has 1 saturated heterocycles. The third kappa shape index (κ3) is 2.54. The summed E-state index contributed by atoms with van der Waals surface area (Å²) in [6.07, 6.45) is 0.396. The minimum absolute atomic E-state index is 0.0252. The van der Waals surface area contributed by atoms with Crippen molar-refractivity contribution in [3.63, 3.8) is 0 Å². The van der Waals surface area contributed by atoms with Gasteiger partial charge in [0.2, 0.25) is 11.8 Å². The number of carbonyl (C=O) groups excluding carboxylic acids is 2. The van der Waals surface area contributed by atoms with E-state index in [1.807, 2.05) is 23.6 Å². The van der Waals surface area contributed by atoms with Crippen LogP contribution >= 0.6 is 11.8 Å². The number of nitrogens with zero attached hydrogens (tertiary/aromatic N) is 1. The highest BCUT2D eigenvalue weighted by atomic mass is 32.2. The second-order valence-electron chi connectivity index (χ2n) is 5.42. The van der Waals surface area contributed by atoms with Crippen molar-refractivity contribution < 1.29 is 9.59 Å². The van der Waals surface area contributed by atoms with Gasteiger partial charge >= 0.3 is 0 Å². The average Bonchev–Trinajstić information content (AvgIpc) is 2.80. The van der Waals surface area contributed by atoms with E-state index in [2.05, 4.69) is 29.6 Å². The smallest absolute Gasteiger partial charge is 0.242 e. The van der Waals surface area contributed by atoms with E-state index in [9.17, 15) is 9.59 Å². The number of thioether (sulfide) groups is 1. The molecule has 0 saturated carbocycles. The summed E-state index contributed by atoms with van der Waals surface area (Å²) >= 11 is 1.85. The molecule has 0 spiro atoms. The first-order chi connectivity index (χ1) is 9.65. The zero-order valence-electron chi connectivity index (χ0n) is 11.5. The van der Waals surface area contributed by atoms with Crippen molar-refractivity contribution in [2.24, 2.45) is 0 Å². The van der Waals surface area contributed by atoms with Crippen LogP contribution < -0.4 is 5.32 Å². The predicted octanol–water partition coefficient (Wildman–Crippen LogP) is 1.61. The van der Waals surface area contributed by atoms with Crippen molar-refractivity contribution in [2.45, 2.75) is 30.2 Å². The molecule has 1 aromatic carbocycles. The van der Waals surface area contributed by atoms with Gasteiger partial charge in [0, 0.05) is 35.6 Å². The van der Waals surface area contributed by atoms with Gasteiger partial charge in [-0.25, -0.2) is 0 Å². The molecule has 1 aromatic rings. The van der Waals surface area contributed by atoms with E-state index in [1.165, 1.54) is 10.5 Å². The lowest BCUT2D eigenvalue weighted by Crippen LogP contribution is -2.42. The van der Waals surface area contributed by atoms with Crippen LogP contribution in [0.3, 0.4) is 0 Å². The molecule has 2 amide bonds. The summed E-state index contributed by atoms with van der Waals surface area (Å²) in [7, 11) is 0. The number of rotatable bonds is 2. The monoisotopic (exact) mass is 290 g/mol. The summed E-state index contributed by atoms with van der Waals surface area (Å²) in [5, 5.41) is 2.66. The molecule has 2 unspecified atom stereocenters. The number of carbonyl (C=O) groups is 2. The number of hydrogen-bond donors (Lipinski definition) is 1. The van der Waals surface area contributed by atoms with Crippen molar-refractivity contribution in [1.29, 1.82) is 0 Å². The van der Waals surface area contributed by atoms with Crippen LogP contribution in [-0.4, -0.2) is 41.6 Å². The van der Waals surface area contributed by atoms with E-state index in [0.29, 0.717) is 18.9 Å². The number of benzene rings is 1. The zero-order valence-corrected chi connectivity index (χ0v) is 12.3. The summed E-state index contributed by atoms with van der Waals surface area (Å²) in [6.45, 7) is 2.79. The molecule has 2 atom stereocenters. The Bertz CT molecular complexity index is 546. The summed E-state index contributed by atoms with van der Waals surface area (Å²) in [5.74, 6) is 1.38. The Hall–Kier alpha value is -1.49. The van der Waals surface area contributed by atoms with Crippen molar-refractivity contribution in [2.75, 3.05) is 18.8 Å². The van der Waals surface area contributed by atoms with Gasteiger partial charge < -0.3 is 10.2 Å². The number of nitrogens with one attached hydrogen (secondary N) is 1. The highest BCUT2D eigenvalue weighted by Crippen LogP contribution is 2.39. The minimum Gasteiger partial charge on any atom is -0.347 e. The quantitative estimate of drug-likeness (QED) is 0.900. The molecule has 106 valence electrons. The standard InChI is InChI=1S/C15H18N2O2S/c1-10-6-14(18)16-7-15(19)17(10)8-11-9-20-13-5-3-2-4-12(11)13/h2-5,10-11H,6-9H2,1H3,(H,16,18). The Morgan fingerprint density at radius 1 is 1.35 bits per heavy atom. The van der Waals surface area contributed by atoms with Gasteiger partial charge in [-0.1, -0.05) is 18.2 Å². The number of amides is 2. The van der Waals surface area contributed by atoms with Crippen molar-refractivity contribution in [1.82, 2.24) is 10.2 Å². The number of fused-ring (bicyclic) bond motifs is 1.